The summed E-state index contributed by atoms with van der Waals surface area (Å²) >= 11 is 0. The smallest absolute Gasteiger partial charge is 0.369 e. The van der Waals surface area contributed by atoms with Gasteiger partial charge in [-0.25, -0.2) is 4.90 Å². The zero-order chi connectivity index (χ0) is 15.8. The van der Waals surface area contributed by atoms with Crippen molar-refractivity contribution < 1.29 is 13.2 Å². The number of para-hydroxylation sites is 1. The van der Waals surface area contributed by atoms with Crippen LogP contribution in [0.4, 0.5) is 18.9 Å². The monoisotopic (exact) mass is 316 g/mol. The summed E-state index contributed by atoms with van der Waals surface area (Å²) in [5.41, 5.74) is 0.990. The highest BCUT2D eigenvalue weighted by Gasteiger charge is 2.38. The molecule has 1 aromatic rings. The molecule has 4 nitrogen and oxygen atoms in total. The fourth-order valence-corrected chi connectivity index (χ4v) is 2.46. The van der Waals surface area contributed by atoms with E-state index >= 15 is 0 Å². The Kier molecular flexibility index (Phi) is 6.48. The third kappa shape index (κ3) is 5.47. The number of alkyl halides is 3. The summed E-state index contributed by atoms with van der Waals surface area (Å²) in [5.74, 6) is 0. The van der Waals surface area contributed by atoms with Gasteiger partial charge in [0.05, 0.1) is 0 Å². The molecular formula is C15H23F3N4. The van der Waals surface area contributed by atoms with Crippen molar-refractivity contribution in [2.24, 2.45) is 0 Å². The van der Waals surface area contributed by atoms with Crippen molar-refractivity contribution >= 4 is 5.69 Å². The van der Waals surface area contributed by atoms with Crippen LogP contribution in [0.1, 0.15) is 0 Å². The first-order valence-corrected chi connectivity index (χ1v) is 7.60. The second-order valence-electron chi connectivity index (χ2n) is 5.28. The van der Waals surface area contributed by atoms with Crippen LogP contribution in [-0.4, -0.2) is 63.6 Å². The maximum absolute atomic E-state index is 12.4. The average Bonchev–Trinajstić information content (AvgIpc) is 2.57. The van der Waals surface area contributed by atoms with Crippen molar-refractivity contribution in [1.82, 2.24) is 15.5 Å². The van der Waals surface area contributed by atoms with Gasteiger partial charge in [0.2, 0.25) is 0 Å². The van der Waals surface area contributed by atoms with Crippen LogP contribution < -0.4 is 15.5 Å². The van der Waals surface area contributed by atoms with Gasteiger partial charge in [-0.3, -0.25) is 0 Å². The average molecular weight is 316 g/mol. The predicted octanol–water partition coefficient (Wildman–Crippen LogP) is 1.51. The maximum atomic E-state index is 12.4. The van der Waals surface area contributed by atoms with E-state index in [1.165, 1.54) is 0 Å². The molecule has 0 radical (unpaired) electrons. The van der Waals surface area contributed by atoms with Gasteiger partial charge in [-0.2, -0.15) is 13.2 Å². The summed E-state index contributed by atoms with van der Waals surface area (Å²) in [7, 11) is 0. The lowest BCUT2D eigenvalue weighted by atomic mass is 10.2. The van der Waals surface area contributed by atoms with Gasteiger partial charge < -0.3 is 15.5 Å². The highest BCUT2D eigenvalue weighted by molar-refractivity contribution is 5.46. The fraction of sp³-hybridized carbons (Fsp3) is 0.600. The van der Waals surface area contributed by atoms with Gasteiger partial charge in [0.15, 0.2) is 0 Å². The van der Waals surface area contributed by atoms with Gasteiger partial charge in [-0.05, 0) is 12.1 Å². The van der Waals surface area contributed by atoms with Crippen LogP contribution in [0.5, 0.6) is 0 Å². The number of halogens is 3. The molecule has 1 aromatic carbocycles. The van der Waals surface area contributed by atoms with Crippen molar-refractivity contribution in [2.45, 2.75) is 6.30 Å². The topological polar surface area (TPSA) is 30.5 Å². The van der Waals surface area contributed by atoms with Crippen molar-refractivity contribution in [3.63, 3.8) is 0 Å². The Labute approximate surface area is 129 Å². The zero-order valence-corrected chi connectivity index (χ0v) is 12.6. The lowest BCUT2D eigenvalue weighted by Crippen LogP contribution is -2.51. The molecule has 2 heterocycles. The molecule has 2 saturated heterocycles. The molecule has 0 aliphatic carbocycles. The Morgan fingerprint density at radius 2 is 1.27 bits per heavy atom. The van der Waals surface area contributed by atoms with E-state index in [4.69, 9.17) is 0 Å². The lowest BCUT2D eigenvalue weighted by molar-refractivity contribution is -0.246. The molecule has 7 heteroatoms. The SMILES string of the molecule is C1CNCCN1.FC(F)(F)N1CCN(c2ccccc2)CC1. The molecule has 124 valence electrons. The van der Waals surface area contributed by atoms with Crippen LogP contribution in [0.3, 0.4) is 0 Å². The minimum atomic E-state index is -4.19. The predicted molar refractivity (Wildman–Crippen MR) is 82.0 cm³/mol. The van der Waals surface area contributed by atoms with Gasteiger partial charge in [-0.1, -0.05) is 18.2 Å². The van der Waals surface area contributed by atoms with E-state index in [0.717, 1.165) is 31.9 Å². The van der Waals surface area contributed by atoms with Gasteiger partial charge in [0.25, 0.3) is 0 Å². The summed E-state index contributed by atoms with van der Waals surface area (Å²) < 4.78 is 37.1. The van der Waals surface area contributed by atoms with E-state index in [0.29, 0.717) is 18.0 Å². The molecule has 0 atom stereocenters. The molecule has 0 bridgehead atoms. The van der Waals surface area contributed by atoms with Crippen LogP contribution in [0, 0.1) is 0 Å². The van der Waals surface area contributed by atoms with Crippen molar-refractivity contribution in [3.05, 3.63) is 30.3 Å². The van der Waals surface area contributed by atoms with Crippen LogP contribution in [0.15, 0.2) is 30.3 Å². The van der Waals surface area contributed by atoms with Gasteiger partial charge in [-0.15, -0.1) is 0 Å². The zero-order valence-electron chi connectivity index (χ0n) is 12.6. The van der Waals surface area contributed by atoms with E-state index in [1.54, 1.807) is 0 Å². The number of benzene rings is 1. The Morgan fingerprint density at radius 1 is 0.773 bits per heavy atom. The molecule has 0 aromatic heterocycles. The summed E-state index contributed by atoms with van der Waals surface area (Å²) in [6, 6.07) is 9.53. The largest absolute Gasteiger partial charge is 0.460 e. The molecule has 2 aliphatic rings. The van der Waals surface area contributed by atoms with Gasteiger partial charge in [0, 0.05) is 58.0 Å². The molecule has 2 N–H and O–H groups in total. The number of piperazine rings is 2. The van der Waals surface area contributed by atoms with E-state index in [9.17, 15) is 13.2 Å². The molecule has 0 unspecified atom stereocenters. The summed E-state index contributed by atoms with van der Waals surface area (Å²) in [5, 5.41) is 6.44. The standard InChI is InChI=1S/C11H13F3N2.C4H10N2/c12-11(13,14)16-8-6-15(7-9-16)10-4-2-1-3-5-10;1-2-6-4-3-5-1/h1-5H,6-9H2;5-6H,1-4H2. The minimum Gasteiger partial charge on any atom is -0.369 e. The second-order valence-corrected chi connectivity index (χ2v) is 5.28. The van der Waals surface area contributed by atoms with Gasteiger partial charge in [0.1, 0.15) is 0 Å². The minimum absolute atomic E-state index is 0.0401. The van der Waals surface area contributed by atoms with E-state index in [-0.39, 0.29) is 13.1 Å². The molecule has 3 rings (SSSR count). The first-order chi connectivity index (χ1) is 10.6. The molecule has 2 aliphatic heterocycles. The Bertz CT molecular complexity index is 401. The number of hydrogen-bond donors (Lipinski definition) is 2. The van der Waals surface area contributed by atoms with Crippen LogP contribution >= 0.6 is 0 Å². The van der Waals surface area contributed by atoms with Gasteiger partial charge >= 0.3 is 6.30 Å². The third-order valence-corrected chi connectivity index (χ3v) is 3.72. The van der Waals surface area contributed by atoms with E-state index in [2.05, 4.69) is 10.6 Å². The van der Waals surface area contributed by atoms with Crippen molar-refractivity contribution in [1.29, 1.82) is 0 Å². The first kappa shape index (κ1) is 17.1. The lowest BCUT2D eigenvalue weighted by Gasteiger charge is -2.36. The molecule has 0 amide bonds. The number of rotatable bonds is 1. The first-order valence-electron chi connectivity index (χ1n) is 7.60. The second kappa shape index (κ2) is 8.36. The van der Waals surface area contributed by atoms with Crippen LogP contribution in [-0.2, 0) is 0 Å². The molecule has 0 spiro atoms. The van der Waals surface area contributed by atoms with Crippen molar-refractivity contribution in [3.8, 4) is 0 Å². The fourth-order valence-electron chi connectivity index (χ4n) is 2.46. The number of hydrogen-bond acceptors (Lipinski definition) is 4. The Hall–Kier alpha value is -1.31. The molecular weight excluding hydrogens is 293 g/mol. The normalized spacial score (nSPS) is 20.2. The van der Waals surface area contributed by atoms with Crippen molar-refractivity contribution in [2.75, 3.05) is 57.3 Å². The van der Waals surface area contributed by atoms with Crippen LogP contribution in [0.2, 0.25) is 0 Å². The Morgan fingerprint density at radius 3 is 1.68 bits per heavy atom. The highest BCUT2D eigenvalue weighted by Crippen LogP contribution is 2.24. The molecule has 0 saturated carbocycles. The quantitative estimate of drug-likeness (QED) is 0.769. The van der Waals surface area contributed by atoms with E-state index in [1.807, 2.05) is 35.2 Å². The Balaban J connectivity index is 0.000000246. The number of anilines is 1. The number of nitrogens with zero attached hydrogens (tertiary/aromatic N) is 2. The van der Waals surface area contributed by atoms with Crippen LogP contribution in [0.25, 0.3) is 0 Å². The molecule has 2 fully saturated rings. The maximum Gasteiger partial charge on any atom is 0.460 e. The molecule has 22 heavy (non-hydrogen) atoms. The summed E-state index contributed by atoms with van der Waals surface area (Å²) in [6.45, 7) is 5.48. The third-order valence-electron chi connectivity index (χ3n) is 3.72. The summed E-state index contributed by atoms with van der Waals surface area (Å²) in [4.78, 5) is 2.54. The number of nitrogens with one attached hydrogen (secondary N) is 2. The summed E-state index contributed by atoms with van der Waals surface area (Å²) in [6.07, 6.45) is -4.19. The van der Waals surface area contributed by atoms with E-state index < -0.39 is 6.30 Å². The highest BCUT2D eigenvalue weighted by atomic mass is 19.4.